The zero-order valence-corrected chi connectivity index (χ0v) is 17.8. The van der Waals surface area contributed by atoms with Gasteiger partial charge in [0.2, 0.25) is 0 Å². The van der Waals surface area contributed by atoms with E-state index in [4.69, 9.17) is 18.9 Å². The standard InChI is InChI=1S/C22H24N4O5/c1-5-31-18-9-7-6-8-15(18)16-11-17(25-24-16)22(27)26-23-13-14-10-20(29-3)21(30-4)12-19(14)28-2/h6-13H,5H2,1-4H3,(H,24,25)(H,26,27)/b23-13-. The number of hydrogen-bond acceptors (Lipinski definition) is 7. The summed E-state index contributed by atoms with van der Waals surface area (Å²) in [6, 6.07) is 12.5. The van der Waals surface area contributed by atoms with E-state index in [2.05, 4.69) is 20.7 Å². The zero-order chi connectivity index (χ0) is 22.2. The third-order valence-electron chi connectivity index (χ3n) is 4.39. The highest BCUT2D eigenvalue weighted by Gasteiger charge is 2.14. The summed E-state index contributed by atoms with van der Waals surface area (Å²) in [5.41, 5.74) is 4.73. The third kappa shape index (κ3) is 4.95. The quantitative estimate of drug-likeness (QED) is 0.403. The zero-order valence-electron chi connectivity index (χ0n) is 17.8. The lowest BCUT2D eigenvalue weighted by atomic mass is 10.1. The molecular formula is C22H24N4O5. The summed E-state index contributed by atoms with van der Waals surface area (Å²) in [5.74, 6) is 1.82. The Hall–Kier alpha value is -4.01. The van der Waals surface area contributed by atoms with E-state index in [1.807, 2.05) is 31.2 Å². The van der Waals surface area contributed by atoms with Gasteiger partial charge in [0.1, 0.15) is 17.2 Å². The van der Waals surface area contributed by atoms with E-state index in [0.717, 1.165) is 5.56 Å². The van der Waals surface area contributed by atoms with Crippen LogP contribution < -0.4 is 24.4 Å². The predicted molar refractivity (Wildman–Crippen MR) is 116 cm³/mol. The fourth-order valence-corrected chi connectivity index (χ4v) is 2.91. The summed E-state index contributed by atoms with van der Waals surface area (Å²) < 4.78 is 21.5. The lowest BCUT2D eigenvalue weighted by Crippen LogP contribution is -2.18. The van der Waals surface area contributed by atoms with Crippen LogP contribution >= 0.6 is 0 Å². The molecule has 162 valence electrons. The van der Waals surface area contributed by atoms with Crippen LogP contribution in [0.25, 0.3) is 11.3 Å². The molecule has 1 aromatic heterocycles. The van der Waals surface area contributed by atoms with Crippen LogP contribution in [-0.2, 0) is 0 Å². The molecule has 0 radical (unpaired) electrons. The van der Waals surface area contributed by atoms with Crippen molar-refractivity contribution < 1.29 is 23.7 Å². The summed E-state index contributed by atoms with van der Waals surface area (Å²) >= 11 is 0. The summed E-state index contributed by atoms with van der Waals surface area (Å²) in [4.78, 5) is 12.5. The van der Waals surface area contributed by atoms with Gasteiger partial charge in [0, 0.05) is 17.2 Å². The number of amides is 1. The monoisotopic (exact) mass is 424 g/mol. The maximum atomic E-state index is 12.5. The van der Waals surface area contributed by atoms with Crippen molar-refractivity contribution in [3.63, 3.8) is 0 Å². The van der Waals surface area contributed by atoms with Crippen molar-refractivity contribution in [2.45, 2.75) is 6.92 Å². The molecule has 0 aliphatic heterocycles. The van der Waals surface area contributed by atoms with Crippen LogP contribution in [0.1, 0.15) is 23.0 Å². The first-order valence-electron chi connectivity index (χ1n) is 9.52. The van der Waals surface area contributed by atoms with E-state index in [1.54, 1.807) is 18.2 Å². The predicted octanol–water partition coefficient (Wildman–Crippen LogP) is 3.27. The maximum Gasteiger partial charge on any atom is 0.289 e. The number of methoxy groups -OCH3 is 3. The van der Waals surface area contributed by atoms with E-state index in [1.165, 1.54) is 27.5 Å². The normalized spacial score (nSPS) is 10.7. The molecule has 0 aliphatic rings. The minimum absolute atomic E-state index is 0.262. The summed E-state index contributed by atoms with van der Waals surface area (Å²) in [6.07, 6.45) is 1.46. The van der Waals surface area contributed by atoms with Gasteiger partial charge < -0.3 is 18.9 Å². The Morgan fingerprint density at radius 2 is 1.74 bits per heavy atom. The number of nitrogens with zero attached hydrogens (tertiary/aromatic N) is 2. The Labute approximate surface area is 180 Å². The van der Waals surface area contributed by atoms with Crippen LogP contribution in [0, 0.1) is 0 Å². The number of aromatic nitrogens is 2. The fraction of sp³-hybridized carbons (Fsp3) is 0.227. The highest BCUT2D eigenvalue weighted by atomic mass is 16.5. The van der Waals surface area contributed by atoms with Crippen molar-refractivity contribution in [1.82, 2.24) is 15.6 Å². The van der Waals surface area contributed by atoms with E-state index in [0.29, 0.717) is 40.9 Å². The van der Waals surface area contributed by atoms with Gasteiger partial charge in [0.05, 0.1) is 39.8 Å². The lowest BCUT2D eigenvalue weighted by molar-refractivity contribution is 0.0950. The number of H-pyrrole nitrogens is 1. The van der Waals surface area contributed by atoms with E-state index >= 15 is 0 Å². The molecule has 9 nitrogen and oxygen atoms in total. The summed E-state index contributed by atoms with van der Waals surface area (Å²) in [6.45, 7) is 2.44. The fourth-order valence-electron chi connectivity index (χ4n) is 2.91. The Bertz CT molecular complexity index is 1080. The molecule has 2 aromatic carbocycles. The first kappa shape index (κ1) is 21.7. The lowest BCUT2D eigenvalue weighted by Gasteiger charge is -2.11. The van der Waals surface area contributed by atoms with Crippen LogP contribution in [0.5, 0.6) is 23.0 Å². The number of carbonyl (C=O) groups is 1. The number of benzene rings is 2. The number of aromatic amines is 1. The van der Waals surface area contributed by atoms with Crippen LogP contribution in [0.4, 0.5) is 0 Å². The van der Waals surface area contributed by atoms with E-state index in [9.17, 15) is 4.79 Å². The largest absolute Gasteiger partial charge is 0.496 e. The Morgan fingerprint density at radius 1 is 1.03 bits per heavy atom. The molecule has 9 heteroatoms. The van der Waals surface area contributed by atoms with Gasteiger partial charge in [-0.2, -0.15) is 10.2 Å². The average molecular weight is 424 g/mol. The second-order valence-corrected chi connectivity index (χ2v) is 6.24. The second-order valence-electron chi connectivity index (χ2n) is 6.24. The molecule has 3 rings (SSSR count). The van der Waals surface area contributed by atoms with Gasteiger partial charge in [-0.15, -0.1) is 0 Å². The molecule has 0 aliphatic carbocycles. The van der Waals surface area contributed by atoms with Gasteiger partial charge in [-0.3, -0.25) is 9.89 Å². The molecule has 0 unspecified atom stereocenters. The summed E-state index contributed by atoms with van der Waals surface area (Å²) in [5, 5.41) is 11.0. The number of carbonyl (C=O) groups excluding carboxylic acids is 1. The first-order chi connectivity index (χ1) is 15.1. The molecule has 0 bridgehead atoms. The number of nitrogens with one attached hydrogen (secondary N) is 2. The van der Waals surface area contributed by atoms with Crippen LogP contribution in [0.15, 0.2) is 47.6 Å². The molecule has 0 saturated heterocycles. The van der Waals surface area contributed by atoms with E-state index in [-0.39, 0.29) is 5.69 Å². The smallest absolute Gasteiger partial charge is 0.289 e. The van der Waals surface area contributed by atoms with Gasteiger partial charge in [0.15, 0.2) is 11.5 Å². The molecule has 0 saturated carbocycles. The minimum atomic E-state index is -0.441. The third-order valence-corrected chi connectivity index (χ3v) is 4.39. The van der Waals surface area contributed by atoms with Crippen molar-refractivity contribution in [3.8, 4) is 34.3 Å². The van der Waals surface area contributed by atoms with Gasteiger partial charge in [-0.05, 0) is 31.2 Å². The SMILES string of the molecule is CCOc1ccccc1-c1cc(C(=O)N/N=C\c2cc(OC)c(OC)cc2OC)[nH]n1. The van der Waals surface area contributed by atoms with Crippen LogP contribution in [0.2, 0.25) is 0 Å². The Balaban J connectivity index is 1.75. The maximum absolute atomic E-state index is 12.5. The van der Waals surface area contributed by atoms with Crippen LogP contribution in [-0.4, -0.2) is 50.3 Å². The summed E-state index contributed by atoms with van der Waals surface area (Å²) in [7, 11) is 4.60. The van der Waals surface area contributed by atoms with Crippen molar-refractivity contribution >= 4 is 12.1 Å². The van der Waals surface area contributed by atoms with Gasteiger partial charge in [-0.25, -0.2) is 5.43 Å². The number of para-hydroxylation sites is 1. The Morgan fingerprint density at radius 3 is 2.45 bits per heavy atom. The second kappa shape index (κ2) is 10.1. The molecule has 1 heterocycles. The molecule has 0 spiro atoms. The van der Waals surface area contributed by atoms with E-state index < -0.39 is 5.91 Å². The Kier molecular flexibility index (Phi) is 7.10. The molecule has 2 N–H and O–H groups in total. The number of hydrazone groups is 1. The van der Waals surface area contributed by atoms with Gasteiger partial charge >= 0.3 is 0 Å². The van der Waals surface area contributed by atoms with Crippen molar-refractivity contribution in [1.29, 1.82) is 0 Å². The number of ether oxygens (including phenoxy) is 4. The van der Waals surface area contributed by atoms with Crippen LogP contribution in [0.3, 0.4) is 0 Å². The molecule has 1 amide bonds. The number of rotatable bonds is 9. The highest BCUT2D eigenvalue weighted by molar-refractivity contribution is 5.94. The van der Waals surface area contributed by atoms with Crippen molar-refractivity contribution in [2.24, 2.45) is 5.10 Å². The minimum Gasteiger partial charge on any atom is -0.496 e. The highest BCUT2D eigenvalue weighted by Crippen LogP contribution is 2.33. The van der Waals surface area contributed by atoms with Gasteiger partial charge in [-0.1, -0.05) is 12.1 Å². The molecule has 31 heavy (non-hydrogen) atoms. The van der Waals surface area contributed by atoms with Crippen molar-refractivity contribution in [3.05, 3.63) is 53.7 Å². The first-order valence-corrected chi connectivity index (χ1v) is 9.52. The topological polar surface area (TPSA) is 107 Å². The van der Waals surface area contributed by atoms with Crippen molar-refractivity contribution in [2.75, 3.05) is 27.9 Å². The molecule has 0 fully saturated rings. The molecular weight excluding hydrogens is 400 g/mol. The number of hydrogen-bond donors (Lipinski definition) is 2. The molecule has 0 atom stereocenters. The average Bonchev–Trinajstić information content (AvgIpc) is 3.29. The van der Waals surface area contributed by atoms with Gasteiger partial charge in [0.25, 0.3) is 5.91 Å². The molecule has 3 aromatic rings.